The molecule has 0 spiro atoms. The first-order chi connectivity index (χ1) is 11.6. The number of rotatable bonds is 5. The summed E-state index contributed by atoms with van der Waals surface area (Å²) in [5.74, 6) is -0.604. The van der Waals surface area contributed by atoms with E-state index in [1.54, 1.807) is 7.11 Å². The van der Waals surface area contributed by atoms with Crippen molar-refractivity contribution in [2.75, 3.05) is 7.11 Å². The molecule has 0 aliphatic carbocycles. The van der Waals surface area contributed by atoms with Gasteiger partial charge in [-0.2, -0.15) is 0 Å². The summed E-state index contributed by atoms with van der Waals surface area (Å²) in [6.07, 6.45) is 1.75. The van der Waals surface area contributed by atoms with Crippen LogP contribution in [0.4, 0.5) is 0 Å². The van der Waals surface area contributed by atoms with Crippen LogP contribution in [0.5, 0.6) is 5.75 Å². The third-order valence-electron chi connectivity index (χ3n) is 5.31. The standard InChI is InChI=1S/C18H24BNO5/c1-17(2)18(3,4)25-19(24-17)14(9-16(21)22)13-10-20-15-7-6-11(23-5)8-12(13)15/h6-8,10,14,20H,9H2,1-5H3,(H,21,22). The predicted molar refractivity (Wildman–Crippen MR) is 95.9 cm³/mol. The van der Waals surface area contributed by atoms with Crippen LogP contribution in [-0.4, -0.2) is 41.5 Å². The van der Waals surface area contributed by atoms with E-state index < -0.39 is 30.1 Å². The highest BCUT2D eigenvalue weighted by Gasteiger charge is 2.54. The summed E-state index contributed by atoms with van der Waals surface area (Å²) in [6.45, 7) is 7.85. The van der Waals surface area contributed by atoms with Crippen LogP contribution in [0, 0.1) is 0 Å². The van der Waals surface area contributed by atoms with Gasteiger partial charge >= 0.3 is 13.1 Å². The van der Waals surface area contributed by atoms with Crippen LogP contribution in [0.2, 0.25) is 0 Å². The van der Waals surface area contributed by atoms with Crippen LogP contribution in [0.1, 0.15) is 45.5 Å². The number of H-pyrrole nitrogens is 1. The van der Waals surface area contributed by atoms with Gasteiger partial charge in [0.25, 0.3) is 0 Å². The second-order valence-electron chi connectivity index (χ2n) is 7.48. The Morgan fingerprint density at radius 2 is 1.92 bits per heavy atom. The topological polar surface area (TPSA) is 80.8 Å². The SMILES string of the molecule is COc1ccc2[nH]cc(C(CC(=O)O)B3OC(C)(C)C(C)(C)O3)c2c1. The fourth-order valence-corrected chi connectivity index (χ4v) is 3.15. The summed E-state index contributed by atoms with van der Waals surface area (Å²) < 4.78 is 17.6. The van der Waals surface area contributed by atoms with E-state index in [-0.39, 0.29) is 6.42 Å². The fraction of sp³-hybridized carbons (Fsp3) is 0.500. The van der Waals surface area contributed by atoms with Crippen molar-refractivity contribution in [3.8, 4) is 5.75 Å². The summed E-state index contributed by atoms with van der Waals surface area (Å²) in [5, 5.41) is 10.3. The number of hydrogen-bond acceptors (Lipinski definition) is 4. The van der Waals surface area contributed by atoms with Crippen molar-refractivity contribution in [1.82, 2.24) is 4.98 Å². The Kier molecular flexibility index (Phi) is 4.33. The molecule has 7 heteroatoms. The van der Waals surface area contributed by atoms with Crippen LogP contribution in [0.3, 0.4) is 0 Å². The number of ether oxygens (including phenoxy) is 1. The van der Waals surface area contributed by atoms with E-state index in [9.17, 15) is 9.90 Å². The molecule has 0 saturated carbocycles. The van der Waals surface area contributed by atoms with Gasteiger partial charge in [0.1, 0.15) is 5.75 Å². The molecule has 0 bridgehead atoms. The van der Waals surface area contributed by atoms with Gasteiger partial charge in [-0.15, -0.1) is 0 Å². The van der Waals surface area contributed by atoms with Crippen molar-refractivity contribution in [1.29, 1.82) is 0 Å². The number of carbonyl (C=O) groups is 1. The third-order valence-corrected chi connectivity index (χ3v) is 5.31. The summed E-state index contributed by atoms with van der Waals surface area (Å²) >= 11 is 0. The minimum Gasteiger partial charge on any atom is -0.497 e. The normalized spacial score (nSPS) is 20.0. The zero-order valence-corrected chi connectivity index (χ0v) is 15.3. The van der Waals surface area contributed by atoms with Crippen molar-refractivity contribution < 1.29 is 23.9 Å². The van der Waals surface area contributed by atoms with E-state index in [1.807, 2.05) is 52.1 Å². The molecule has 1 aliphatic rings. The molecule has 2 heterocycles. The molecule has 25 heavy (non-hydrogen) atoms. The summed E-state index contributed by atoms with van der Waals surface area (Å²) in [6, 6.07) is 5.69. The molecule has 0 amide bonds. The third kappa shape index (κ3) is 3.14. The molecule has 1 saturated heterocycles. The van der Waals surface area contributed by atoms with E-state index in [4.69, 9.17) is 14.0 Å². The van der Waals surface area contributed by atoms with Crippen LogP contribution in [-0.2, 0) is 14.1 Å². The molecule has 1 unspecified atom stereocenters. The zero-order chi connectivity index (χ0) is 18.4. The van der Waals surface area contributed by atoms with Crippen molar-refractivity contribution in [3.05, 3.63) is 30.0 Å². The van der Waals surface area contributed by atoms with Gasteiger partial charge < -0.3 is 24.1 Å². The lowest BCUT2D eigenvalue weighted by molar-refractivity contribution is -0.137. The van der Waals surface area contributed by atoms with Crippen molar-refractivity contribution >= 4 is 24.0 Å². The number of aliphatic carboxylic acids is 1. The van der Waals surface area contributed by atoms with E-state index in [0.29, 0.717) is 0 Å². The quantitative estimate of drug-likeness (QED) is 0.812. The molecule has 1 aliphatic heterocycles. The van der Waals surface area contributed by atoms with Gasteiger partial charge in [-0.3, -0.25) is 4.79 Å². The monoisotopic (exact) mass is 345 g/mol. The number of carboxylic acids is 1. The number of carboxylic acid groups (broad SMARTS) is 1. The Hall–Kier alpha value is -1.99. The molecule has 1 atom stereocenters. The minimum absolute atomic E-state index is 0.0824. The van der Waals surface area contributed by atoms with E-state index in [0.717, 1.165) is 22.2 Å². The molecule has 1 aromatic heterocycles. The van der Waals surface area contributed by atoms with E-state index in [1.165, 1.54) is 0 Å². The van der Waals surface area contributed by atoms with Gasteiger partial charge in [0.05, 0.1) is 24.7 Å². The van der Waals surface area contributed by atoms with Crippen molar-refractivity contribution in [3.63, 3.8) is 0 Å². The molecular formula is C18H24BNO5. The first-order valence-corrected chi connectivity index (χ1v) is 8.37. The smallest absolute Gasteiger partial charge is 0.466 e. The molecule has 2 aromatic rings. The van der Waals surface area contributed by atoms with Gasteiger partial charge in [-0.25, -0.2) is 0 Å². The van der Waals surface area contributed by atoms with Gasteiger partial charge in [0.15, 0.2) is 0 Å². The number of aromatic amines is 1. The highest BCUT2D eigenvalue weighted by molar-refractivity contribution is 6.48. The van der Waals surface area contributed by atoms with Crippen LogP contribution in [0.25, 0.3) is 10.9 Å². The molecule has 0 radical (unpaired) electrons. The molecule has 1 fully saturated rings. The number of benzene rings is 1. The zero-order valence-electron chi connectivity index (χ0n) is 15.3. The fourth-order valence-electron chi connectivity index (χ4n) is 3.15. The van der Waals surface area contributed by atoms with Crippen molar-refractivity contribution in [2.45, 2.75) is 51.1 Å². The average molecular weight is 345 g/mol. The molecule has 1 aromatic carbocycles. The summed E-state index contributed by atoms with van der Waals surface area (Å²) in [5.41, 5.74) is 0.744. The first-order valence-electron chi connectivity index (χ1n) is 8.37. The highest BCUT2D eigenvalue weighted by Crippen LogP contribution is 2.43. The van der Waals surface area contributed by atoms with Crippen LogP contribution in [0.15, 0.2) is 24.4 Å². The van der Waals surface area contributed by atoms with E-state index in [2.05, 4.69) is 4.98 Å². The maximum Gasteiger partial charge on any atom is 0.466 e. The minimum atomic E-state index is -0.892. The Morgan fingerprint density at radius 1 is 1.28 bits per heavy atom. The number of methoxy groups -OCH3 is 1. The number of nitrogens with one attached hydrogen (secondary N) is 1. The maximum atomic E-state index is 11.5. The summed E-state index contributed by atoms with van der Waals surface area (Å²) in [7, 11) is 0.975. The Balaban J connectivity index is 2.04. The largest absolute Gasteiger partial charge is 0.497 e. The molecular weight excluding hydrogens is 321 g/mol. The van der Waals surface area contributed by atoms with Gasteiger partial charge in [0.2, 0.25) is 0 Å². The molecule has 6 nitrogen and oxygen atoms in total. The Bertz CT molecular complexity index is 782. The van der Waals surface area contributed by atoms with Gasteiger partial charge in [-0.1, -0.05) is 0 Å². The Morgan fingerprint density at radius 3 is 2.48 bits per heavy atom. The molecule has 134 valence electrons. The number of fused-ring (bicyclic) bond motifs is 1. The lowest BCUT2D eigenvalue weighted by Gasteiger charge is -2.32. The Labute approximate surface area is 147 Å². The first kappa shape index (κ1) is 17.8. The molecule has 2 N–H and O–H groups in total. The second-order valence-corrected chi connectivity index (χ2v) is 7.48. The number of aromatic nitrogens is 1. The predicted octanol–water partition coefficient (Wildman–Crippen LogP) is 3.37. The van der Waals surface area contributed by atoms with Crippen molar-refractivity contribution in [2.24, 2.45) is 0 Å². The average Bonchev–Trinajstić information content (AvgIpc) is 3.02. The van der Waals surface area contributed by atoms with Crippen LogP contribution < -0.4 is 4.74 Å². The van der Waals surface area contributed by atoms with Crippen LogP contribution >= 0.6 is 0 Å². The highest BCUT2D eigenvalue weighted by atomic mass is 16.7. The number of hydrogen-bond donors (Lipinski definition) is 2. The van der Waals surface area contributed by atoms with Gasteiger partial charge in [0, 0.05) is 22.9 Å². The van der Waals surface area contributed by atoms with Gasteiger partial charge in [-0.05, 0) is 51.5 Å². The lowest BCUT2D eigenvalue weighted by atomic mass is 9.66. The lowest BCUT2D eigenvalue weighted by Crippen LogP contribution is -2.41. The molecule has 3 rings (SSSR count). The summed E-state index contributed by atoms with van der Waals surface area (Å²) in [4.78, 5) is 14.7. The van der Waals surface area contributed by atoms with E-state index >= 15 is 0 Å². The maximum absolute atomic E-state index is 11.5. The second kappa shape index (κ2) is 6.07.